The van der Waals surface area contributed by atoms with E-state index in [2.05, 4.69) is 67.2 Å². The molecule has 3 aromatic carbocycles. The molecular formula is C37H42O7S2. The second kappa shape index (κ2) is 14.2. The molecule has 7 rings (SSSR count). The van der Waals surface area contributed by atoms with E-state index in [4.69, 9.17) is 9.47 Å². The Morgan fingerprint density at radius 3 is 1.72 bits per heavy atom. The molecule has 7 nitrogen and oxygen atoms in total. The van der Waals surface area contributed by atoms with Gasteiger partial charge in [-0.2, -0.15) is 0 Å². The van der Waals surface area contributed by atoms with Crippen LogP contribution in [0.2, 0.25) is 0 Å². The highest BCUT2D eigenvalue weighted by Gasteiger charge is 2.55. The largest absolute Gasteiger partial charge is 0.748 e. The minimum absolute atomic E-state index is 0.223. The molecule has 244 valence electrons. The molecule has 4 saturated carbocycles. The molecule has 0 radical (unpaired) electrons. The van der Waals surface area contributed by atoms with Crippen molar-refractivity contribution >= 4 is 33.0 Å². The SMILES string of the molecule is C=C(C)C(=O)Oc1c(C)cc([S+](c2ccccc2)c2ccccc2)cc1C.O=C(OCCS(=O)(=O)[O-])C12CC3CC(CC(C3)C1)C2. The first-order chi connectivity index (χ1) is 21.8. The van der Waals surface area contributed by atoms with Gasteiger partial charge in [-0.25, -0.2) is 13.2 Å². The first-order valence-corrected chi connectivity index (χ1v) is 18.6. The second-order valence-electron chi connectivity index (χ2n) is 13.1. The van der Waals surface area contributed by atoms with Crippen molar-refractivity contribution in [1.29, 1.82) is 0 Å². The molecule has 4 aliphatic rings. The van der Waals surface area contributed by atoms with Crippen LogP contribution in [0.4, 0.5) is 0 Å². The molecule has 9 heteroatoms. The second-order valence-corrected chi connectivity index (χ2v) is 16.6. The zero-order chi connectivity index (χ0) is 33.1. The summed E-state index contributed by atoms with van der Waals surface area (Å²) in [6, 6.07) is 25.2. The summed E-state index contributed by atoms with van der Waals surface area (Å²) in [7, 11) is -4.53. The van der Waals surface area contributed by atoms with Crippen LogP contribution >= 0.6 is 0 Å². The summed E-state index contributed by atoms with van der Waals surface area (Å²) in [5.74, 6) is 1.27. The summed E-state index contributed by atoms with van der Waals surface area (Å²) >= 11 is 0. The minimum atomic E-state index is -4.30. The molecule has 0 aliphatic heterocycles. The molecule has 0 saturated heterocycles. The lowest BCUT2D eigenvalue weighted by Gasteiger charge is -2.55. The first kappa shape index (κ1) is 33.9. The Bertz CT molecular complexity index is 1590. The third kappa shape index (κ3) is 8.11. The number of benzene rings is 3. The lowest BCUT2D eigenvalue weighted by molar-refractivity contribution is -0.170. The van der Waals surface area contributed by atoms with Gasteiger partial charge in [0.1, 0.15) is 12.4 Å². The highest BCUT2D eigenvalue weighted by atomic mass is 32.2. The van der Waals surface area contributed by atoms with Crippen LogP contribution < -0.4 is 4.74 Å². The topological polar surface area (TPSA) is 110 Å². The van der Waals surface area contributed by atoms with Crippen LogP contribution in [0.25, 0.3) is 0 Å². The number of rotatable bonds is 9. The van der Waals surface area contributed by atoms with Crippen molar-refractivity contribution in [3.05, 3.63) is 96.1 Å². The van der Waals surface area contributed by atoms with Crippen molar-refractivity contribution in [2.24, 2.45) is 23.2 Å². The van der Waals surface area contributed by atoms with Crippen LogP contribution in [0.3, 0.4) is 0 Å². The monoisotopic (exact) mass is 662 g/mol. The summed E-state index contributed by atoms with van der Waals surface area (Å²) in [6.45, 7) is 8.98. The molecule has 0 aromatic heterocycles. The van der Waals surface area contributed by atoms with E-state index in [0.717, 1.165) is 30.4 Å². The smallest absolute Gasteiger partial charge is 0.338 e. The summed E-state index contributed by atoms with van der Waals surface area (Å²) in [5.41, 5.74) is 1.92. The Balaban J connectivity index is 0.000000192. The third-order valence-corrected chi connectivity index (χ3v) is 12.1. The van der Waals surface area contributed by atoms with Crippen LogP contribution in [0.1, 0.15) is 56.6 Å². The average Bonchev–Trinajstić information content (AvgIpc) is 2.99. The number of carbonyl (C=O) groups excluding carboxylic acids is 2. The lowest BCUT2D eigenvalue weighted by atomic mass is 9.49. The Labute approximate surface area is 275 Å². The molecule has 4 aliphatic carbocycles. The molecule has 0 atom stereocenters. The van der Waals surface area contributed by atoms with Gasteiger partial charge in [0.2, 0.25) is 0 Å². The molecule has 0 amide bonds. The average molecular weight is 663 g/mol. The fraction of sp³-hybridized carbons (Fsp3) is 0.405. The van der Waals surface area contributed by atoms with E-state index < -0.39 is 15.9 Å². The first-order valence-electron chi connectivity index (χ1n) is 15.8. The van der Waals surface area contributed by atoms with E-state index >= 15 is 0 Å². The van der Waals surface area contributed by atoms with Gasteiger partial charge < -0.3 is 14.0 Å². The molecular weight excluding hydrogens is 621 g/mol. The lowest BCUT2D eigenvalue weighted by Crippen LogP contribution is -2.50. The van der Waals surface area contributed by atoms with Crippen molar-refractivity contribution in [1.82, 2.24) is 0 Å². The molecule has 3 aromatic rings. The number of hydrogen-bond donors (Lipinski definition) is 0. The van der Waals surface area contributed by atoms with Gasteiger partial charge in [0.25, 0.3) is 0 Å². The van der Waals surface area contributed by atoms with E-state index in [1.54, 1.807) is 6.92 Å². The number of hydrogen-bond acceptors (Lipinski definition) is 7. The summed E-state index contributed by atoms with van der Waals surface area (Å²) in [6.07, 6.45) is 6.39. The number of esters is 2. The molecule has 0 spiro atoms. The van der Waals surface area contributed by atoms with Crippen LogP contribution in [0.15, 0.2) is 99.6 Å². The molecule has 0 N–H and O–H groups in total. The predicted molar refractivity (Wildman–Crippen MR) is 178 cm³/mol. The standard InChI is InChI=1S/C24H23O2S.C13H20O5S/c1-17(2)24(25)26-23-18(3)15-22(16-19(23)4)27(20-11-7-5-8-12-20)21-13-9-6-10-14-21;14-12(18-1-2-19(15,16)17)13-6-9-3-10(7-13)5-11(4-9)8-13/h5-16H,1H2,2-4H3;9-11H,1-8H2,(H,15,16,17)/q+1;/p-1. The van der Waals surface area contributed by atoms with Crippen molar-refractivity contribution in [2.45, 2.75) is 74.0 Å². The van der Waals surface area contributed by atoms with Crippen LogP contribution in [0, 0.1) is 37.0 Å². The summed E-state index contributed by atoms with van der Waals surface area (Å²) < 4.78 is 42.2. The normalized spacial score (nSPS) is 22.9. The highest BCUT2D eigenvalue weighted by Crippen LogP contribution is 2.60. The fourth-order valence-corrected chi connectivity index (χ4v) is 10.2. The third-order valence-electron chi connectivity index (χ3n) is 9.21. The minimum Gasteiger partial charge on any atom is -0.748 e. The highest BCUT2D eigenvalue weighted by molar-refractivity contribution is 7.97. The van der Waals surface area contributed by atoms with Gasteiger partial charge >= 0.3 is 11.9 Å². The van der Waals surface area contributed by atoms with E-state index in [-0.39, 0.29) is 34.9 Å². The molecule has 46 heavy (non-hydrogen) atoms. The van der Waals surface area contributed by atoms with Gasteiger partial charge in [-0.15, -0.1) is 0 Å². The van der Waals surface area contributed by atoms with Gasteiger partial charge in [0.15, 0.2) is 14.7 Å². The summed E-state index contributed by atoms with van der Waals surface area (Å²) in [4.78, 5) is 27.9. The predicted octanol–water partition coefficient (Wildman–Crippen LogP) is 7.17. The van der Waals surface area contributed by atoms with Crippen LogP contribution in [-0.4, -0.2) is 37.3 Å². The van der Waals surface area contributed by atoms with Gasteiger partial charge in [-0.1, -0.05) is 43.0 Å². The molecule has 4 bridgehead atoms. The van der Waals surface area contributed by atoms with Crippen LogP contribution in [0.5, 0.6) is 5.75 Å². The quantitative estimate of drug-likeness (QED) is 0.0786. The van der Waals surface area contributed by atoms with Gasteiger partial charge in [0.05, 0.1) is 32.2 Å². The van der Waals surface area contributed by atoms with Gasteiger partial charge in [0, 0.05) is 17.7 Å². The Hall–Kier alpha value is -3.40. The van der Waals surface area contributed by atoms with Crippen molar-refractivity contribution in [3.63, 3.8) is 0 Å². The molecule has 0 heterocycles. The maximum atomic E-state index is 12.3. The van der Waals surface area contributed by atoms with Gasteiger partial charge in [-0.3, -0.25) is 4.79 Å². The van der Waals surface area contributed by atoms with Crippen molar-refractivity contribution < 1.29 is 32.0 Å². The maximum Gasteiger partial charge on any atom is 0.338 e. The van der Waals surface area contributed by atoms with E-state index in [1.807, 2.05) is 26.0 Å². The summed E-state index contributed by atoms with van der Waals surface area (Å²) in [5, 5.41) is 0. The van der Waals surface area contributed by atoms with E-state index in [1.165, 1.54) is 33.9 Å². The van der Waals surface area contributed by atoms with E-state index in [9.17, 15) is 22.6 Å². The van der Waals surface area contributed by atoms with Crippen LogP contribution in [-0.2, 0) is 35.3 Å². The number of ether oxygens (including phenoxy) is 2. The molecule has 4 fully saturated rings. The maximum absolute atomic E-state index is 12.3. The Kier molecular flexibility index (Phi) is 10.4. The Morgan fingerprint density at radius 1 is 0.848 bits per heavy atom. The van der Waals surface area contributed by atoms with Crippen molar-refractivity contribution in [2.75, 3.05) is 12.4 Å². The number of carbonyl (C=O) groups is 2. The Morgan fingerprint density at radius 2 is 1.30 bits per heavy atom. The fourth-order valence-electron chi connectivity index (χ4n) is 7.64. The zero-order valence-corrected chi connectivity index (χ0v) is 28.3. The van der Waals surface area contributed by atoms with Crippen molar-refractivity contribution in [3.8, 4) is 5.75 Å². The zero-order valence-electron chi connectivity index (χ0n) is 26.7. The van der Waals surface area contributed by atoms with Gasteiger partial charge in [-0.05, 0) is 112 Å². The van der Waals surface area contributed by atoms with E-state index in [0.29, 0.717) is 29.1 Å². The molecule has 0 unspecified atom stereocenters. The number of aryl methyl sites for hydroxylation is 2.